The monoisotopic (exact) mass is 298 g/mol. The summed E-state index contributed by atoms with van der Waals surface area (Å²) in [5.41, 5.74) is 15.0. The van der Waals surface area contributed by atoms with Gasteiger partial charge in [-0.2, -0.15) is 0 Å². The van der Waals surface area contributed by atoms with Crippen LogP contribution in [0.2, 0.25) is 5.02 Å². The molecule has 0 aromatic heterocycles. The molecule has 1 unspecified atom stereocenters. The normalized spacial score (nSPS) is 12.8. The third-order valence-electron chi connectivity index (χ3n) is 4.10. The first-order chi connectivity index (χ1) is 9.49. The Hall–Kier alpha value is -0.770. The van der Waals surface area contributed by atoms with Crippen molar-refractivity contribution >= 4 is 11.6 Å². The van der Waals surface area contributed by atoms with Crippen molar-refractivity contribution in [2.75, 3.05) is 20.2 Å². The Bertz CT molecular complexity index is 445. The largest absolute Gasteiger partial charge is 0.496 e. The van der Waals surface area contributed by atoms with Crippen LogP contribution in [0.1, 0.15) is 42.4 Å². The molecule has 4 N–H and O–H groups in total. The van der Waals surface area contributed by atoms with Gasteiger partial charge in [-0.1, -0.05) is 18.5 Å². The van der Waals surface area contributed by atoms with Gasteiger partial charge in [0, 0.05) is 10.6 Å². The summed E-state index contributed by atoms with van der Waals surface area (Å²) in [5, 5.41) is 0.800. The number of nitrogens with two attached hydrogens (primary N) is 2. The average molecular weight is 299 g/mol. The maximum Gasteiger partial charge on any atom is 0.125 e. The molecule has 20 heavy (non-hydrogen) atoms. The van der Waals surface area contributed by atoms with E-state index < -0.39 is 0 Å². The van der Waals surface area contributed by atoms with Gasteiger partial charge in [0.05, 0.1) is 7.11 Å². The van der Waals surface area contributed by atoms with Crippen molar-refractivity contribution in [3.05, 3.63) is 27.8 Å². The molecule has 0 radical (unpaired) electrons. The Kier molecular flexibility index (Phi) is 6.80. The average Bonchev–Trinajstić information content (AvgIpc) is 2.44. The van der Waals surface area contributed by atoms with E-state index in [1.807, 2.05) is 13.0 Å². The van der Waals surface area contributed by atoms with E-state index in [1.54, 1.807) is 7.11 Å². The van der Waals surface area contributed by atoms with Gasteiger partial charge in [0.1, 0.15) is 5.75 Å². The first-order valence-electron chi connectivity index (χ1n) is 7.23. The van der Waals surface area contributed by atoms with E-state index in [0.717, 1.165) is 34.7 Å². The quantitative estimate of drug-likeness (QED) is 0.811. The topological polar surface area (TPSA) is 61.3 Å². The molecule has 0 saturated heterocycles. The maximum absolute atomic E-state index is 6.35. The minimum absolute atomic E-state index is 0.336. The predicted octanol–water partition coefficient (Wildman–Crippen LogP) is 3.38. The van der Waals surface area contributed by atoms with Crippen LogP contribution in [-0.2, 0) is 0 Å². The van der Waals surface area contributed by atoms with Gasteiger partial charge in [0.2, 0.25) is 0 Å². The lowest BCUT2D eigenvalue weighted by atomic mass is 9.83. The van der Waals surface area contributed by atoms with E-state index in [2.05, 4.69) is 13.8 Å². The van der Waals surface area contributed by atoms with Crippen LogP contribution in [0, 0.1) is 19.8 Å². The Morgan fingerprint density at radius 2 is 1.85 bits per heavy atom. The van der Waals surface area contributed by atoms with Gasteiger partial charge in [0.15, 0.2) is 0 Å². The highest BCUT2D eigenvalue weighted by atomic mass is 35.5. The zero-order valence-corrected chi connectivity index (χ0v) is 13.8. The Morgan fingerprint density at radius 1 is 1.25 bits per heavy atom. The molecule has 1 rings (SSSR count). The fraction of sp³-hybridized carbons (Fsp3) is 0.625. The zero-order valence-electron chi connectivity index (χ0n) is 13.0. The molecule has 1 atom stereocenters. The molecule has 0 spiro atoms. The highest BCUT2D eigenvalue weighted by Crippen LogP contribution is 2.40. The van der Waals surface area contributed by atoms with Crippen molar-refractivity contribution in [2.45, 2.75) is 39.5 Å². The van der Waals surface area contributed by atoms with E-state index in [-0.39, 0.29) is 0 Å². The third kappa shape index (κ3) is 3.66. The molecular formula is C16H27ClN2O. The summed E-state index contributed by atoms with van der Waals surface area (Å²) >= 11 is 6.35. The zero-order chi connectivity index (χ0) is 15.3. The molecule has 0 fully saturated rings. The van der Waals surface area contributed by atoms with Crippen LogP contribution < -0.4 is 16.2 Å². The number of rotatable bonds is 7. The summed E-state index contributed by atoms with van der Waals surface area (Å²) in [5.74, 6) is 1.66. The summed E-state index contributed by atoms with van der Waals surface area (Å²) in [6.45, 7) is 7.51. The number of methoxy groups -OCH3 is 1. The second-order valence-corrected chi connectivity index (χ2v) is 5.83. The van der Waals surface area contributed by atoms with Crippen LogP contribution in [0.15, 0.2) is 6.07 Å². The van der Waals surface area contributed by atoms with Crippen molar-refractivity contribution in [1.29, 1.82) is 0 Å². The molecule has 0 saturated carbocycles. The van der Waals surface area contributed by atoms with Crippen LogP contribution >= 0.6 is 11.6 Å². The van der Waals surface area contributed by atoms with Gasteiger partial charge in [-0.05, 0) is 68.8 Å². The second kappa shape index (κ2) is 7.87. The summed E-state index contributed by atoms with van der Waals surface area (Å²) in [7, 11) is 1.72. The van der Waals surface area contributed by atoms with Crippen molar-refractivity contribution < 1.29 is 4.74 Å². The lowest BCUT2D eigenvalue weighted by Crippen LogP contribution is -2.25. The van der Waals surface area contributed by atoms with E-state index >= 15 is 0 Å². The Morgan fingerprint density at radius 3 is 2.30 bits per heavy atom. The van der Waals surface area contributed by atoms with Crippen molar-refractivity contribution in [2.24, 2.45) is 17.4 Å². The number of aryl methyl sites for hydroxylation is 1. The first kappa shape index (κ1) is 17.3. The van der Waals surface area contributed by atoms with E-state index in [1.165, 1.54) is 5.56 Å². The van der Waals surface area contributed by atoms with Crippen LogP contribution in [-0.4, -0.2) is 20.2 Å². The molecule has 0 aliphatic heterocycles. The molecule has 114 valence electrons. The number of halogens is 1. The van der Waals surface area contributed by atoms with Crippen molar-refractivity contribution in [1.82, 2.24) is 0 Å². The fourth-order valence-electron chi connectivity index (χ4n) is 2.82. The predicted molar refractivity (Wildman–Crippen MR) is 86.7 cm³/mol. The standard InChI is InChI=1S/C16H27ClN2O/c1-5-13(7-12(8-18)9-19)15-11(3)14(17)6-10(2)16(15)20-4/h6,12-13H,5,7-9,18-19H2,1-4H3. The number of benzene rings is 1. The third-order valence-corrected chi connectivity index (χ3v) is 4.49. The Balaban J connectivity index is 3.26. The number of hydrogen-bond acceptors (Lipinski definition) is 3. The summed E-state index contributed by atoms with van der Waals surface area (Å²) in [6.07, 6.45) is 1.99. The van der Waals surface area contributed by atoms with Crippen LogP contribution in [0.3, 0.4) is 0 Å². The van der Waals surface area contributed by atoms with Gasteiger partial charge < -0.3 is 16.2 Å². The number of ether oxygens (including phenoxy) is 1. The molecular weight excluding hydrogens is 272 g/mol. The highest BCUT2D eigenvalue weighted by Gasteiger charge is 2.23. The van der Waals surface area contributed by atoms with Gasteiger partial charge in [-0.15, -0.1) is 0 Å². The molecule has 1 aromatic carbocycles. The van der Waals surface area contributed by atoms with Crippen LogP contribution in [0.25, 0.3) is 0 Å². The highest BCUT2D eigenvalue weighted by molar-refractivity contribution is 6.31. The first-order valence-corrected chi connectivity index (χ1v) is 7.61. The SMILES string of the molecule is CCC(CC(CN)CN)c1c(C)c(Cl)cc(C)c1OC. The van der Waals surface area contributed by atoms with Gasteiger partial charge in [-0.25, -0.2) is 0 Å². The molecule has 0 heterocycles. The van der Waals surface area contributed by atoms with E-state index in [0.29, 0.717) is 24.9 Å². The Labute approximate surface area is 127 Å². The van der Waals surface area contributed by atoms with Gasteiger partial charge in [-0.3, -0.25) is 0 Å². The smallest absolute Gasteiger partial charge is 0.125 e. The van der Waals surface area contributed by atoms with Crippen molar-refractivity contribution in [3.8, 4) is 5.75 Å². The van der Waals surface area contributed by atoms with Crippen LogP contribution in [0.4, 0.5) is 0 Å². The summed E-state index contributed by atoms with van der Waals surface area (Å²) < 4.78 is 5.62. The molecule has 4 heteroatoms. The molecule has 0 aliphatic rings. The van der Waals surface area contributed by atoms with Crippen LogP contribution in [0.5, 0.6) is 5.75 Å². The lowest BCUT2D eigenvalue weighted by Gasteiger charge is -2.26. The van der Waals surface area contributed by atoms with Gasteiger partial charge >= 0.3 is 0 Å². The lowest BCUT2D eigenvalue weighted by molar-refractivity contribution is 0.386. The van der Waals surface area contributed by atoms with Crippen molar-refractivity contribution in [3.63, 3.8) is 0 Å². The van der Waals surface area contributed by atoms with E-state index in [4.69, 9.17) is 27.8 Å². The molecule has 3 nitrogen and oxygen atoms in total. The summed E-state index contributed by atoms with van der Waals surface area (Å²) in [4.78, 5) is 0. The molecule has 0 bridgehead atoms. The molecule has 1 aromatic rings. The molecule has 0 amide bonds. The van der Waals surface area contributed by atoms with E-state index in [9.17, 15) is 0 Å². The fourth-order valence-corrected chi connectivity index (χ4v) is 3.08. The second-order valence-electron chi connectivity index (χ2n) is 5.43. The van der Waals surface area contributed by atoms with Gasteiger partial charge in [0.25, 0.3) is 0 Å². The maximum atomic E-state index is 6.35. The number of hydrogen-bond donors (Lipinski definition) is 2. The minimum atomic E-state index is 0.336. The minimum Gasteiger partial charge on any atom is -0.496 e. The molecule has 0 aliphatic carbocycles. The summed E-state index contributed by atoms with van der Waals surface area (Å²) in [6, 6.07) is 1.97.